The van der Waals surface area contributed by atoms with E-state index in [0.717, 1.165) is 19.6 Å². The van der Waals surface area contributed by atoms with E-state index in [4.69, 9.17) is 0 Å². The Balaban J connectivity index is 1.85. The highest BCUT2D eigenvalue weighted by atomic mass is 79.9. The van der Waals surface area contributed by atoms with Crippen LogP contribution in [0.3, 0.4) is 0 Å². The zero-order valence-corrected chi connectivity index (χ0v) is 11.7. The van der Waals surface area contributed by atoms with Gasteiger partial charge in [0.1, 0.15) is 5.82 Å². The number of likely N-dealkylation sites (tertiary alicyclic amines) is 1. The van der Waals surface area contributed by atoms with Gasteiger partial charge in [-0.2, -0.15) is 0 Å². The molecule has 1 fully saturated rings. The van der Waals surface area contributed by atoms with Crippen molar-refractivity contribution in [2.24, 2.45) is 0 Å². The number of nitrogens with one attached hydrogen (secondary N) is 1. The van der Waals surface area contributed by atoms with Crippen molar-refractivity contribution in [3.05, 3.63) is 34.1 Å². The summed E-state index contributed by atoms with van der Waals surface area (Å²) in [7, 11) is 0. The number of rotatable bonds is 4. The standard InChI is InChI=1S/C13H16BrFN2O/c14-12-10(4-3-5-11(12)15)13(18)16-6-9-17-7-1-2-8-17/h3-5H,1-2,6-9H2,(H,16,18). The van der Waals surface area contributed by atoms with Crippen LogP contribution in [0.5, 0.6) is 0 Å². The topological polar surface area (TPSA) is 32.3 Å². The van der Waals surface area contributed by atoms with E-state index < -0.39 is 5.82 Å². The number of carbonyl (C=O) groups excluding carboxylic acids is 1. The third kappa shape index (κ3) is 3.29. The third-order valence-electron chi connectivity index (χ3n) is 3.11. The van der Waals surface area contributed by atoms with Crippen LogP contribution in [0, 0.1) is 5.82 Å². The van der Waals surface area contributed by atoms with Crippen molar-refractivity contribution in [2.75, 3.05) is 26.2 Å². The summed E-state index contributed by atoms with van der Waals surface area (Å²) in [6.07, 6.45) is 2.48. The van der Waals surface area contributed by atoms with E-state index in [9.17, 15) is 9.18 Å². The Labute approximate surface area is 114 Å². The van der Waals surface area contributed by atoms with Gasteiger partial charge in [-0.25, -0.2) is 4.39 Å². The summed E-state index contributed by atoms with van der Waals surface area (Å²) in [6, 6.07) is 4.47. The smallest absolute Gasteiger partial charge is 0.252 e. The van der Waals surface area contributed by atoms with Crippen LogP contribution in [-0.2, 0) is 0 Å². The van der Waals surface area contributed by atoms with Crippen molar-refractivity contribution < 1.29 is 9.18 Å². The fraction of sp³-hybridized carbons (Fsp3) is 0.462. The molecule has 5 heteroatoms. The van der Waals surface area contributed by atoms with E-state index >= 15 is 0 Å². The van der Waals surface area contributed by atoms with Gasteiger partial charge in [0, 0.05) is 13.1 Å². The van der Waals surface area contributed by atoms with Gasteiger partial charge in [0.25, 0.3) is 5.91 Å². The third-order valence-corrected chi connectivity index (χ3v) is 3.91. The second-order valence-electron chi connectivity index (χ2n) is 4.41. The predicted molar refractivity (Wildman–Crippen MR) is 72.1 cm³/mol. The molecule has 0 saturated carbocycles. The van der Waals surface area contributed by atoms with E-state index in [1.165, 1.54) is 25.0 Å². The van der Waals surface area contributed by atoms with Gasteiger partial charge < -0.3 is 10.2 Å². The van der Waals surface area contributed by atoms with E-state index in [1.54, 1.807) is 6.07 Å². The molecule has 1 N–H and O–H groups in total. The fourth-order valence-electron chi connectivity index (χ4n) is 2.11. The van der Waals surface area contributed by atoms with Gasteiger partial charge >= 0.3 is 0 Å². The van der Waals surface area contributed by atoms with E-state index in [1.807, 2.05) is 0 Å². The first-order chi connectivity index (χ1) is 8.68. The molecule has 0 radical (unpaired) electrons. The van der Waals surface area contributed by atoms with Gasteiger partial charge in [0.05, 0.1) is 10.0 Å². The summed E-state index contributed by atoms with van der Waals surface area (Å²) in [5, 5.41) is 2.82. The lowest BCUT2D eigenvalue weighted by Crippen LogP contribution is -2.33. The maximum atomic E-state index is 13.3. The Morgan fingerprint density at radius 1 is 1.39 bits per heavy atom. The molecule has 0 atom stereocenters. The number of amides is 1. The minimum Gasteiger partial charge on any atom is -0.351 e. The molecular weight excluding hydrogens is 299 g/mol. The van der Waals surface area contributed by atoms with Crippen LogP contribution in [0.1, 0.15) is 23.2 Å². The van der Waals surface area contributed by atoms with Crippen molar-refractivity contribution in [1.82, 2.24) is 10.2 Å². The molecule has 0 spiro atoms. The predicted octanol–water partition coefficient (Wildman–Crippen LogP) is 2.41. The SMILES string of the molecule is O=C(NCCN1CCCC1)c1cccc(F)c1Br. The van der Waals surface area contributed by atoms with Gasteiger partial charge in [-0.1, -0.05) is 6.07 Å². The van der Waals surface area contributed by atoms with E-state index in [2.05, 4.69) is 26.1 Å². The first-order valence-corrected chi connectivity index (χ1v) is 6.92. The average Bonchev–Trinajstić information content (AvgIpc) is 2.85. The van der Waals surface area contributed by atoms with Crippen LogP contribution in [0.2, 0.25) is 0 Å². The normalized spacial score (nSPS) is 15.9. The van der Waals surface area contributed by atoms with Gasteiger partial charge in [-0.15, -0.1) is 0 Å². The molecule has 0 aromatic heterocycles. The number of carbonyl (C=O) groups is 1. The molecule has 1 amide bonds. The maximum absolute atomic E-state index is 13.3. The molecule has 1 aliphatic heterocycles. The number of hydrogen-bond acceptors (Lipinski definition) is 2. The van der Waals surface area contributed by atoms with Gasteiger partial charge in [0.15, 0.2) is 0 Å². The lowest BCUT2D eigenvalue weighted by Gasteiger charge is -2.15. The van der Waals surface area contributed by atoms with Crippen LogP contribution < -0.4 is 5.32 Å². The highest BCUT2D eigenvalue weighted by Gasteiger charge is 2.14. The largest absolute Gasteiger partial charge is 0.351 e. The summed E-state index contributed by atoms with van der Waals surface area (Å²) in [4.78, 5) is 14.2. The second-order valence-corrected chi connectivity index (χ2v) is 5.20. The van der Waals surface area contributed by atoms with E-state index in [-0.39, 0.29) is 10.4 Å². The van der Waals surface area contributed by atoms with Crippen molar-refractivity contribution >= 4 is 21.8 Å². The lowest BCUT2D eigenvalue weighted by atomic mass is 10.2. The lowest BCUT2D eigenvalue weighted by molar-refractivity contribution is 0.0948. The molecule has 3 nitrogen and oxygen atoms in total. The van der Waals surface area contributed by atoms with Crippen LogP contribution in [0.25, 0.3) is 0 Å². The molecule has 0 aliphatic carbocycles. The Bertz CT molecular complexity index is 433. The molecule has 2 rings (SSSR count). The highest BCUT2D eigenvalue weighted by molar-refractivity contribution is 9.10. The molecule has 18 heavy (non-hydrogen) atoms. The minimum absolute atomic E-state index is 0.226. The van der Waals surface area contributed by atoms with Gasteiger partial charge in [-0.05, 0) is 54.0 Å². The van der Waals surface area contributed by atoms with Crippen LogP contribution >= 0.6 is 15.9 Å². The molecule has 0 unspecified atom stereocenters. The Hall–Kier alpha value is -0.940. The summed E-state index contributed by atoms with van der Waals surface area (Å²) < 4.78 is 13.5. The Morgan fingerprint density at radius 3 is 2.83 bits per heavy atom. The van der Waals surface area contributed by atoms with E-state index in [0.29, 0.717) is 12.1 Å². The molecule has 1 aromatic rings. The Kier molecular flexibility index (Phi) is 4.72. The quantitative estimate of drug-likeness (QED) is 0.925. The van der Waals surface area contributed by atoms with Crippen LogP contribution in [-0.4, -0.2) is 37.0 Å². The first-order valence-electron chi connectivity index (χ1n) is 6.13. The molecule has 1 aliphatic rings. The monoisotopic (exact) mass is 314 g/mol. The molecule has 1 aromatic carbocycles. The average molecular weight is 315 g/mol. The highest BCUT2D eigenvalue weighted by Crippen LogP contribution is 2.20. The summed E-state index contributed by atoms with van der Waals surface area (Å²) in [5.74, 6) is -0.650. The van der Waals surface area contributed by atoms with Crippen LogP contribution in [0.15, 0.2) is 22.7 Å². The summed E-state index contributed by atoms with van der Waals surface area (Å²) in [5.41, 5.74) is 0.344. The van der Waals surface area contributed by atoms with Gasteiger partial charge in [0.2, 0.25) is 0 Å². The molecule has 1 heterocycles. The number of hydrogen-bond donors (Lipinski definition) is 1. The minimum atomic E-state index is -0.415. The van der Waals surface area contributed by atoms with Crippen LogP contribution in [0.4, 0.5) is 4.39 Å². The number of benzene rings is 1. The number of nitrogens with zero attached hydrogens (tertiary/aromatic N) is 1. The molecular formula is C13H16BrFN2O. The van der Waals surface area contributed by atoms with Crippen molar-refractivity contribution in [3.8, 4) is 0 Å². The molecule has 0 bridgehead atoms. The first kappa shape index (κ1) is 13.5. The van der Waals surface area contributed by atoms with Crippen molar-refractivity contribution in [3.63, 3.8) is 0 Å². The fourth-order valence-corrected chi connectivity index (χ4v) is 2.55. The zero-order valence-electron chi connectivity index (χ0n) is 10.1. The van der Waals surface area contributed by atoms with Crippen molar-refractivity contribution in [1.29, 1.82) is 0 Å². The second kappa shape index (κ2) is 6.29. The number of halogens is 2. The maximum Gasteiger partial charge on any atom is 0.252 e. The van der Waals surface area contributed by atoms with Gasteiger partial charge in [-0.3, -0.25) is 4.79 Å². The van der Waals surface area contributed by atoms with Crippen molar-refractivity contribution in [2.45, 2.75) is 12.8 Å². The summed E-state index contributed by atoms with van der Waals surface area (Å²) >= 11 is 3.09. The Morgan fingerprint density at radius 2 is 2.11 bits per heavy atom. The summed E-state index contributed by atoms with van der Waals surface area (Å²) in [6.45, 7) is 3.68. The zero-order chi connectivity index (χ0) is 13.0. The molecule has 98 valence electrons. The molecule has 1 saturated heterocycles.